The first-order valence-corrected chi connectivity index (χ1v) is 6.36. The summed E-state index contributed by atoms with van der Waals surface area (Å²) in [5, 5.41) is 10.7. The Kier molecular flexibility index (Phi) is 4.22. The molecular formula is C13H19F2O4-. The Morgan fingerprint density at radius 3 is 1.95 bits per heavy atom. The maximum atomic E-state index is 13.9. The van der Waals surface area contributed by atoms with Crippen LogP contribution < -0.4 is 5.11 Å². The van der Waals surface area contributed by atoms with Crippen LogP contribution in [-0.4, -0.2) is 23.5 Å². The van der Waals surface area contributed by atoms with E-state index in [2.05, 4.69) is 0 Å². The van der Waals surface area contributed by atoms with Gasteiger partial charge in [0.25, 0.3) is 0 Å². The molecule has 1 rings (SSSR count). The van der Waals surface area contributed by atoms with Crippen LogP contribution in [0.25, 0.3) is 0 Å². The fourth-order valence-corrected chi connectivity index (χ4v) is 2.12. The molecule has 0 unspecified atom stereocenters. The average molecular weight is 277 g/mol. The van der Waals surface area contributed by atoms with Crippen molar-refractivity contribution in [3.8, 4) is 0 Å². The molecule has 0 radical (unpaired) electrons. The van der Waals surface area contributed by atoms with E-state index in [4.69, 9.17) is 4.74 Å². The Morgan fingerprint density at radius 2 is 1.58 bits per heavy atom. The Hall–Kier alpha value is -1.20. The largest absolute Gasteiger partial charge is 0.544 e. The van der Waals surface area contributed by atoms with E-state index < -0.39 is 28.9 Å². The van der Waals surface area contributed by atoms with Crippen LogP contribution in [0.3, 0.4) is 0 Å². The zero-order valence-corrected chi connectivity index (χ0v) is 11.4. The quantitative estimate of drug-likeness (QED) is 0.736. The third kappa shape index (κ3) is 3.04. The lowest BCUT2D eigenvalue weighted by molar-refractivity contribution is -0.346. The fourth-order valence-electron chi connectivity index (χ4n) is 2.12. The van der Waals surface area contributed by atoms with E-state index in [0.29, 0.717) is 12.8 Å². The summed E-state index contributed by atoms with van der Waals surface area (Å²) in [6.45, 7) is 4.59. The smallest absolute Gasteiger partial charge is 0.325 e. The van der Waals surface area contributed by atoms with Gasteiger partial charge < -0.3 is 14.6 Å². The van der Waals surface area contributed by atoms with Gasteiger partial charge >= 0.3 is 11.9 Å². The monoisotopic (exact) mass is 277 g/mol. The molecular weight excluding hydrogens is 258 g/mol. The molecule has 0 N–H and O–H groups in total. The number of hydrogen-bond donors (Lipinski definition) is 0. The van der Waals surface area contributed by atoms with Gasteiger partial charge in [-0.1, -0.05) is 6.42 Å². The Morgan fingerprint density at radius 1 is 1.11 bits per heavy atom. The van der Waals surface area contributed by atoms with Crippen molar-refractivity contribution in [3.05, 3.63) is 0 Å². The second-order valence-corrected chi connectivity index (χ2v) is 6.06. The molecule has 0 aromatic heterocycles. The number of esters is 1. The second kappa shape index (κ2) is 5.06. The van der Waals surface area contributed by atoms with Crippen molar-refractivity contribution >= 4 is 11.9 Å². The molecule has 0 amide bonds. The van der Waals surface area contributed by atoms with E-state index in [0.717, 1.165) is 6.42 Å². The SMILES string of the molecule is CC(C)(C)C(=O)OC1(C(F)(F)C(=O)[O-])CCCCC1. The summed E-state index contributed by atoms with van der Waals surface area (Å²) >= 11 is 0. The van der Waals surface area contributed by atoms with Gasteiger partial charge in [-0.05, 0) is 46.5 Å². The highest BCUT2D eigenvalue weighted by Gasteiger charge is 2.58. The first kappa shape index (κ1) is 15.9. The highest BCUT2D eigenvalue weighted by molar-refractivity contribution is 5.79. The maximum Gasteiger partial charge on any atom is 0.325 e. The summed E-state index contributed by atoms with van der Waals surface area (Å²) in [5.41, 5.74) is -3.24. The van der Waals surface area contributed by atoms with Gasteiger partial charge in [-0.2, -0.15) is 8.78 Å². The molecule has 1 saturated carbocycles. The van der Waals surface area contributed by atoms with Crippen LogP contribution in [0.4, 0.5) is 8.78 Å². The summed E-state index contributed by atoms with van der Waals surface area (Å²) in [6.07, 6.45) is 1.21. The number of carboxylic acids is 1. The molecule has 0 heterocycles. The lowest BCUT2D eigenvalue weighted by Crippen LogP contribution is -2.61. The van der Waals surface area contributed by atoms with Crippen molar-refractivity contribution < 1.29 is 28.2 Å². The van der Waals surface area contributed by atoms with E-state index in [1.807, 2.05) is 0 Å². The minimum atomic E-state index is -4.17. The Balaban J connectivity index is 3.07. The lowest BCUT2D eigenvalue weighted by atomic mass is 9.79. The minimum absolute atomic E-state index is 0.157. The number of carbonyl (C=O) groups is 2. The number of hydrogen-bond acceptors (Lipinski definition) is 4. The number of ether oxygens (including phenoxy) is 1. The van der Waals surface area contributed by atoms with Gasteiger partial charge in [-0.25, -0.2) is 0 Å². The molecule has 0 spiro atoms. The standard InChI is InChI=1S/C13H20F2O4/c1-11(2,3)10(18)19-12(7-5-4-6-8-12)13(14,15)9(16)17/h4-8H2,1-3H3,(H,16,17)/p-1. The van der Waals surface area contributed by atoms with E-state index in [-0.39, 0.29) is 12.8 Å². The third-order valence-corrected chi connectivity index (χ3v) is 3.39. The van der Waals surface area contributed by atoms with Gasteiger partial charge in [0.05, 0.1) is 5.41 Å². The van der Waals surface area contributed by atoms with E-state index in [9.17, 15) is 23.5 Å². The number of rotatable bonds is 3. The maximum absolute atomic E-state index is 13.9. The molecule has 110 valence electrons. The number of aliphatic carboxylic acids is 1. The fraction of sp³-hybridized carbons (Fsp3) is 0.846. The van der Waals surface area contributed by atoms with Crippen molar-refractivity contribution in [2.45, 2.75) is 64.4 Å². The van der Waals surface area contributed by atoms with Crippen LogP contribution in [0.1, 0.15) is 52.9 Å². The van der Waals surface area contributed by atoms with Crippen molar-refractivity contribution in [1.82, 2.24) is 0 Å². The van der Waals surface area contributed by atoms with Gasteiger partial charge in [-0.3, -0.25) is 4.79 Å². The molecule has 0 aliphatic heterocycles. The summed E-state index contributed by atoms with van der Waals surface area (Å²) in [5.74, 6) is -7.49. The van der Waals surface area contributed by atoms with Crippen LogP contribution in [0.15, 0.2) is 0 Å². The first-order chi connectivity index (χ1) is 8.53. The van der Waals surface area contributed by atoms with Crippen LogP contribution in [0.2, 0.25) is 0 Å². The average Bonchev–Trinajstić information content (AvgIpc) is 2.28. The van der Waals surface area contributed by atoms with Crippen LogP contribution in [0.5, 0.6) is 0 Å². The molecule has 1 aliphatic carbocycles. The topological polar surface area (TPSA) is 66.4 Å². The van der Waals surface area contributed by atoms with E-state index in [1.165, 1.54) is 20.8 Å². The highest BCUT2D eigenvalue weighted by atomic mass is 19.3. The highest BCUT2D eigenvalue weighted by Crippen LogP contribution is 2.44. The van der Waals surface area contributed by atoms with Crippen LogP contribution in [-0.2, 0) is 14.3 Å². The van der Waals surface area contributed by atoms with Crippen molar-refractivity contribution in [1.29, 1.82) is 0 Å². The molecule has 0 aromatic rings. The molecule has 19 heavy (non-hydrogen) atoms. The van der Waals surface area contributed by atoms with Crippen molar-refractivity contribution in [2.24, 2.45) is 5.41 Å². The second-order valence-electron chi connectivity index (χ2n) is 6.06. The number of carbonyl (C=O) groups excluding carboxylic acids is 2. The minimum Gasteiger partial charge on any atom is -0.544 e. The van der Waals surface area contributed by atoms with E-state index >= 15 is 0 Å². The van der Waals surface area contributed by atoms with Gasteiger partial charge in [-0.15, -0.1) is 0 Å². The summed E-state index contributed by atoms with van der Waals surface area (Å²) in [7, 11) is 0. The van der Waals surface area contributed by atoms with Gasteiger partial charge in [0.15, 0.2) is 5.60 Å². The summed E-state index contributed by atoms with van der Waals surface area (Å²) < 4.78 is 32.8. The molecule has 1 aliphatic rings. The lowest BCUT2D eigenvalue weighted by Gasteiger charge is -2.43. The van der Waals surface area contributed by atoms with Crippen molar-refractivity contribution in [2.75, 3.05) is 0 Å². The molecule has 4 nitrogen and oxygen atoms in total. The predicted octanol–water partition coefficient (Wildman–Crippen LogP) is 1.66. The molecule has 1 fully saturated rings. The van der Waals surface area contributed by atoms with Crippen molar-refractivity contribution in [3.63, 3.8) is 0 Å². The zero-order chi connectivity index (χ0) is 14.9. The Labute approximate surface area is 111 Å². The molecule has 0 saturated heterocycles. The van der Waals surface area contributed by atoms with Crippen LogP contribution in [0, 0.1) is 5.41 Å². The normalized spacial score (nSPS) is 19.8. The zero-order valence-electron chi connectivity index (χ0n) is 11.4. The summed E-state index contributed by atoms with van der Waals surface area (Å²) in [6, 6.07) is 0. The summed E-state index contributed by atoms with van der Waals surface area (Å²) in [4.78, 5) is 22.5. The molecule has 0 atom stereocenters. The van der Waals surface area contributed by atoms with Crippen LogP contribution >= 0.6 is 0 Å². The Bertz CT molecular complexity index is 365. The first-order valence-electron chi connectivity index (χ1n) is 6.36. The number of alkyl halides is 2. The van der Waals surface area contributed by atoms with Gasteiger partial charge in [0.1, 0.15) is 5.97 Å². The van der Waals surface area contributed by atoms with Gasteiger partial charge in [0, 0.05) is 0 Å². The molecule has 0 aromatic carbocycles. The van der Waals surface area contributed by atoms with E-state index in [1.54, 1.807) is 0 Å². The molecule has 0 bridgehead atoms. The predicted molar refractivity (Wildman–Crippen MR) is 61.3 cm³/mol. The number of carboxylic acid groups (broad SMARTS) is 1. The van der Waals surface area contributed by atoms with Gasteiger partial charge in [0.2, 0.25) is 0 Å². The third-order valence-electron chi connectivity index (χ3n) is 3.39. The molecule has 6 heteroatoms. The number of halogens is 2.